The van der Waals surface area contributed by atoms with E-state index in [4.69, 9.17) is 0 Å². The molecule has 12 heteroatoms. The van der Waals surface area contributed by atoms with Gasteiger partial charge < -0.3 is 10.2 Å². The standard InChI is InChI=1S/C30H31N7O5/c1-18-14-25(34-33-18)31-27(39)15-19-2-4-20(5-3-19)17-35-10-12-36(13-11-35)21-6-7-22-23(16-21)30(42)37(29(22)41)24-8-9-26(38)32-28(24)40/h2-7,14,16,24H,8-13,15,17H2,1H3,(H,32,38,40)(H2,31,33,34,39). The van der Waals surface area contributed by atoms with Gasteiger partial charge in [0.1, 0.15) is 6.04 Å². The van der Waals surface area contributed by atoms with Crippen molar-refractivity contribution in [2.24, 2.45) is 0 Å². The average Bonchev–Trinajstić information content (AvgIpc) is 3.49. The van der Waals surface area contributed by atoms with Crippen molar-refractivity contribution < 1.29 is 24.0 Å². The number of piperazine rings is 1. The molecule has 0 spiro atoms. The van der Waals surface area contributed by atoms with Gasteiger partial charge in [-0.25, -0.2) is 0 Å². The number of hydrogen-bond donors (Lipinski definition) is 3. The van der Waals surface area contributed by atoms with E-state index in [0.29, 0.717) is 5.82 Å². The second-order valence-corrected chi connectivity index (χ2v) is 10.9. The molecule has 4 heterocycles. The Morgan fingerprint density at radius 1 is 0.929 bits per heavy atom. The van der Waals surface area contributed by atoms with Gasteiger partial charge in [0.2, 0.25) is 17.7 Å². The molecule has 42 heavy (non-hydrogen) atoms. The lowest BCUT2D eigenvalue weighted by atomic mass is 10.0. The maximum Gasteiger partial charge on any atom is 0.262 e. The molecule has 12 nitrogen and oxygen atoms in total. The Morgan fingerprint density at radius 3 is 2.33 bits per heavy atom. The minimum absolute atomic E-state index is 0.0903. The number of aromatic nitrogens is 2. The number of aromatic amines is 1. The van der Waals surface area contributed by atoms with E-state index in [9.17, 15) is 24.0 Å². The number of carbonyl (C=O) groups is 5. The van der Waals surface area contributed by atoms with E-state index < -0.39 is 29.7 Å². The molecule has 2 aromatic carbocycles. The molecule has 3 N–H and O–H groups in total. The summed E-state index contributed by atoms with van der Waals surface area (Å²) >= 11 is 0. The molecule has 3 aliphatic rings. The summed E-state index contributed by atoms with van der Waals surface area (Å²) < 4.78 is 0. The molecule has 2 saturated heterocycles. The monoisotopic (exact) mass is 569 g/mol. The number of benzene rings is 2. The van der Waals surface area contributed by atoms with Gasteiger partial charge in [-0.05, 0) is 42.7 Å². The quantitative estimate of drug-likeness (QED) is 0.364. The van der Waals surface area contributed by atoms with Crippen LogP contribution in [0, 0.1) is 6.92 Å². The minimum Gasteiger partial charge on any atom is -0.369 e. The minimum atomic E-state index is -0.973. The molecule has 3 aromatic rings. The Labute approximate surface area is 242 Å². The van der Waals surface area contributed by atoms with Crippen molar-refractivity contribution in [2.45, 2.75) is 38.8 Å². The fourth-order valence-corrected chi connectivity index (χ4v) is 5.70. The zero-order valence-electron chi connectivity index (χ0n) is 23.2. The van der Waals surface area contributed by atoms with Gasteiger partial charge in [0.25, 0.3) is 11.8 Å². The molecule has 2 fully saturated rings. The van der Waals surface area contributed by atoms with Crippen molar-refractivity contribution in [3.8, 4) is 0 Å². The number of nitrogens with one attached hydrogen (secondary N) is 3. The first-order chi connectivity index (χ1) is 20.2. The fraction of sp³-hybridized carbons (Fsp3) is 0.333. The van der Waals surface area contributed by atoms with Crippen LogP contribution in [0.2, 0.25) is 0 Å². The number of fused-ring (bicyclic) bond motifs is 1. The lowest BCUT2D eigenvalue weighted by Crippen LogP contribution is -2.54. The van der Waals surface area contributed by atoms with Crippen LogP contribution >= 0.6 is 0 Å². The number of hydrogen-bond acceptors (Lipinski definition) is 8. The molecule has 0 aliphatic carbocycles. The predicted octanol–water partition coefficient (Wildman–Crippen LogP) is 1.62. The molecule has 5 amide bonds. The summed E-state index contributed by atoms with van der Waals surface area (Å²) in [6.45, 7) is 5.80. The predicted molar refractivity (Wildman–Crippen MR) is 153 cm³/mol. The van der Waals surface area contributed by atoms with Crippen molar-refractivity contribution >= 4 is 41.0 Å². The Balaban J connectivity index is 1.02. The Bertz CT molecular complexity index is 1570. The van der Waals surface area contributed by atoms with E-state index in [1.54, 1.807) is 18.2 Å². The second-order valence-electron chi connectivity index (χ2n) is 10.9. The maximum absolute atomic E-state index is 13.2. The normalized spacial score (nSPS) is 19.2. The highest BCUT2D eigenvalue weighted by atomic mass is 16.2. The van der Waals surface area contributed by atoms with Gasteiger partial charge in [0, 0.05) is 56.6 Å². The van der Waals surface area contributed by atoms with E-state index in [0.717, 1.165) is 60.1 Å². The highest BCUT2D eigenvalue weighted by Gasteiger charge is 2.44. The number of nitrogens with zero attached hydrogens (tertiary/aromatic N) is 4. The molecule has 0 saturated carbocycles. The van der Waals surface area contributed by atoms with Crippen LogP contribution in [0.15, 0.2) is 48.5 Å². The average molecular weight is 570 g/mol. The first kappa shape index (κ1) is 27.3. The van der Waals surface area contributed by atoms with E-state index in [1.807, 2.05) is 37.3 Å². The highest BCUT2D eigenvalue weighted by molar-refractivity contribution is 6.23. The summed E-state index contributed by atoms with van der Waals surface area (Å²) in [6, 6.07) is 14.1. The van der Waals surface area contributed by atoms with Gasteiger partial charge in [-0.2, -0.15) is 5.10 Å². The third-order valence-corrected chi connectivity index (χ3v) is 7.93. The second kappa shape index (κ2) is 11.2. The van der Waals surface area contributed by atoms with Crippen molar-refractivity contribution in [1.82, 2.24) is 25.3 Å². The summed E-state index contributed by atoms with van der Waals surface area (Å²) in [4.78, 5) is 67.8. The molecule has 0 bridgehead atoms. The largest absolute Gasteiger partial charge is 0.369 e. The molecule has 1 unspecified atom stereocenters. The maximum atomic E-state index is 13.2. The number of H-pyrrole nitrogens is 1. The van der Waals surface area contributed by atoms with Crippen LogP contribution < -0.4 is 15.5 Å². The van der Waals surface area contributed by atoms with Crippen LogP contribution in [0.4, 0.5) is 11.5 Å². The number of rotatable bonds is 7. The Morgan fingerprint density at radius 2 is 1.64 bits per heavy atom. The number of amides is 5. The van der Waals surface area contributed by atoms with Crippen LogP contribution in [-0.2, 0) is 27.3 Å². The van der Waals surface area contributed by atoms with Gasteiger partial charge in [0.15, 0.2) is 5.82 Å². The number of aryl methyl sites for hydroxylation is 1. The number of piperidine rings is 1. The van der Waals surface area contributed by atoms with E-state index in [1.165, 1.54) is 0 Å². The molecule has 1 atom stereocenters. The summed E-state index contributed by atoms with van der Waals surface area (Å²) in [5.74, 6) is -1.61. The number of carbonyl (C=O) groups excluding carboxylic acids is 5. The van der Waals surface area contributed by atoms with Crippen LogP contribution in [0.5, 0.6) is 0 Å². The zero-order chi connectivity index (χ0) is 29.4. The third-order valence-electron chi connectivity index (χ3n) is 7.93. The van der Waals surface area contributed by atoms with Crippen LogP contribution in [-0.4, -0.2) is 81.8 Å². The molecule has 0 radical (unpaired) electrons. The molecule has 3 aliphatic heterocycles. The van der Waals surface area contributed by atoms with Crippen molar-refractivity contribution in [3.63, 3.8) is 0 Å². The molecule has 1 aromatic heterocycles. The first-order valence-corrected chi connectivity index (χ1v) is 14.0. The van der Waals surface area contributed by atoms with Gasteiger partial charge in [-0.1, -0.05) is 24.3 Å². The van der Waals surface area contributed by atoms with Gasteiger partial charge in [-0.3, -0.25) is 44.2 Å². The molecule has 216 valence electrons. The molecule has 6 rings (SSSR count). The third kappa shape index (κ3) is 5.53. The summed E-state index contributed by atoms with van der Waals surface area (Å²) in [5, 5.41) is 11.8. The van der Waals surface area contributed by atoms with Gasteiger partial charge in [0.05, 0.1) is 17.5 Å². The lowest BCUT2D eigenvalue weighted by Gasteiger charge is -2.36. The fourth-order valence-electron chi connectivity index (χ4n) is 5.70. The summed E-state index contributed by atoms with van der Waals surface area (Å²) in [5.41, 5.74) is 4.39. The summed E-state index contributed by atoms with van der Waals surface area (Å²) in [7, 11) is 0. The number of imide groups is 2. The topological polar surface area (TPSA) is 148 Å². The first-order valence-electron chi connectivity index (χ1n) is 14.0. The SMILES string of the molecule is Cc1cc(NC(=O)Cc2ccc(CN3CCN(c4ccc5c(c4)C(=O)N(C4CCC(=O)NC4=O)C5=O)CC3)cc2)n[nH]1. The van der Waals surface area contributed by atoms with Gasteiger partial charge >= 0.3 is 0 Å². The van der Waals surface area contributed by atoms with Crippen molar-refractivity contribution in [3.05, 3.63) is 76.5 Å². The van der Waals surface area contributed by atoms with E-state index in [2.05, 4.69) is 30.6 Å². The smallest absolute Gasteiger partial charge is 0.262 e. The molecular weight excluding hydrogens is 538 g/mol. The van der Waals surface area contributed by atoms with Crippen molar-refractivity contribution in [2.75, 3.05) is 36.4 Å². The van der Waals surface area contributed by atoms with Gasteiger partial charge in [-0.15, -0.1) is 0 Å². The van der Waals surface area contributed by atoms with E-state index >= 15 is 0 Å². The van der Waals surface area contributed by atoms with Crippen LogP contribution in [0.25, 0.3) is 0 Å². The number of anilines is 2. The van der Waals surface area contributed by atoms with Crippen molar-refractivity contribution in [1.29, 1.82) is 0 Å². The zero-order valence-corrected chi connectivity index (χ0v) is 23.2. The molecular formula is C30H31N7O5. The van der Waals surface area contributed by atoms with Crippen LogP contribution in [0.1, 0.15) is 50.4 Å². The summed E-state index contributed by atoms with van der Waals surface area (Å²) in [6.07, 6.45) is 0.493. The van der Waals surface area contributed by atoms with E-state index in [-0.39, 0.29) is 36.3 Å². The van der Waals surface area contributed by atoms with Crippen LogP contribution in [0.3, 0.4) is 0 Å². The Kier molecular flexibility index (Phi) is 7.29. The lowest BCUT2D eigenvalue weighted by molar-refractivity contribution is -0.136. The Hall–Kier alpha value is -4.84. The highest BCUT2D eigenvalue weighted by Crippen LogP contribution is 2.31.